The molecule has 3 atom stereocenters. The maximum atomic E-state index is 12.5. The lowest BCUT2D eigenvalue weighted by Gasteiger charge is -2.45. The molecule has 0 amide bonds. The Labute approximate surface area is 190 Å². The molecule has 2 saturated carbocycles. The van der Waals surface area contributed by atoms with Gasteiger partial charge in [-0.2, -0.15) is 0 Å². The summed E-state index contributed by atoms with van der Waals surface area (Å²) in [5.41, 5.74) is 0.0278. The van der Waals surface area contributed by atoms with Crippen LogP contribution in [0.1, 0.15) is 111 Å². The molecule has 1 N–H and O–H groups in total. The van der Waals surface area contributed by atoms with Crippen molar-refractivity contribution in [3.63, 3.8) is 0 Å². The van der Waals surface area contributed by atoms with Gasteiger partial charge in [0.25, 0.3) is 0 Å². The largest absolute Gasteiger partial charge is 0.466 e. The Morgan fingerprint density at radius 3 is 2.61 bits per heavy atom. The third-order valence-electron chi connectivity index (χ3n) is 7.75. The van der Waals surface area contributed by atoms with Gasteiger partial charge < -0.3 is 9.84 Å². The fraction of sp³-hybridized carbons (Fsp3) is 0.852. The van der Waals surface area contributed by atoms with Crippen LogP contribution in [0, 0.1) is 22.7 Å². The third kappa shape index (κ3) is 7.73. The van der Waals surface area contributed by atoms with Gasteiger partial charge >= 0.3 is 5.97 Å². The van der Waals surface area contributed by atoms with E-state index in [9.17, 15) is 14.7 Å². The van der Waals surface area contributed by atoms with Crippen LogP contribution in [0.3, 0.4) is 0 Å². The zero-order chi connectivity index (χ0) is 22.9. The number of esters is 1. The molecule has 0 radical (unpaired) electrons. The Morgan fingerprint density at radius 1 is 1.26 bits per heavy atom. The average Bonchev–Trinajstić information content (AvgIpc) is 3.02. The van der Waals surface area contributed by atoms with Crippen LogP contribution in [0.2, 0.25) is 0 Å². The van der Waals surface area contributed by atoms with Gasteiger partial charge in [0.1, 0.15) is 5.78 Å². The first-order valence-electron chi connectivity index (χ1n) is 12.8. The predicted octanol–water partition coefficient (Wildman–Crippen LogP) is 6.40. The number of unbranched alkanes of at least 4 members (excludes halogenated alkanes) is 2. The van der Waals surface area contributed by atoms with E-state index >= 15 is 0 Å². The van der Waals surface area contributed by atoms with Crippen LogP contribution in [0.25, 0.3) is 0 Å². The summed E-state index contributed by atoms with van der Waals surface area (Å²) in [6, 6.07) is 0. The molecule has 0 spiro atoms. The van der Waals surface area contributed by atoms with Crippen molar-refractivity contribution in [1.82, 2.24) is 0 Å². The highest BCUT2D eigenvalue weighted by Crippen LogP contribution is 2.48. The summed E-state index contributed by atoms with van der Waals surface area (Å²) in [6.45, 7) is 8.72. The van der Waals surface area contributed by atoms with E-state index in [0.29, 0.717) is 25.2 Å². The van der Waals surface area contributed by atoms with Crippen molar-refractivity contribution in [2.24, 2.45) is 22.7 Å². The number of rotatable bonds is 14. The lowest BCUT2D eigenvalue weighted by atomic mass is 9.62. The molecule has 4 nitrogen and oxygen atoms in total. The van der Waals surface area contributed by atoms with Gasteiger partial charge in [0.05, 0.1) is 19.1 Å². The van der Waals surface area contributed by atoms with E-state index in [1.165, 1.54) is 19.3 Å². The lowest BCUT2D eigenvalue weighted by Crippen LogP contribution is -2.40. The van der Waals surface area contributed by atoms with Crippen molar-refractivity contribution in [3.8, 4) is 0 Å². The summed E-state index contributed by atoms with van der Waals surface area (Å²) >= 11 is 0. The molecule has 31 heavy (non-hydrogen) atoms. The van der Waals surface area contributed by atoms with Crippen LogP contribution in [0.4, 0.5) is 0 Å². The van der Waals surface area contributed by atoms with Crippen molar-refractivity contribution in [3.05, 3.63) is 12.2 Å². The van der Waals surface area contributed by atoms with E-state index in [1.54, 1.807) is 0 Å². The summed E-state index contributed by atoms with van der Waals surface area (Å²) in [7, 11) is 0. The number of aliphatic hydroxyl groups excluding tert-OH is 1. The molecule has 0 aromatic heterocycles. The normalized spacial score (nSPS) is 24.4. The van der Waals surface area contributed by atoms with E-state index in [0.717, 1.165) is 51.4 Å². The fourth-order valence-electron chi connectivity index (χ4n) is 5.50. The molecule has 0 aromatic rings. The van der Waals surface area contributed by atoms with Crippen molar-refractivity contribution in [2.75, 3.05) is 6.61 Å². The highest BCUT2D eigenvalue weighted by atomic mass is 16.5. The molecule has 4 heteroatoms. The van der Waals surface area contributed by atoms with Gasteiger partial charge in [0.15, 0.2) is 0 Å². The van der Waals surface area contributed by atoms with Crippen molar-refractivity contribution in [1.29, 1.82) is 0 Å². The molecule has 2 fully saturated rings. The number of hydrogen-bond acceptors (Lipinski definition) is 4. The standard InChI is InChI=1S/C27H46O4/c1-5-7-17-27(18-10-19-27)24(29)15-13-21-12-14-23(28)22(21)11-8-9-16-26(3,4)20-25(30)31-6-2/h13,15,21-22,24,29H,5-12,14,16-20H2,1-4H3/b15-13+/t21?,22-,24+/m1/s1. The van der Waals surface area contributed by atoms with Gasteiger partial charge in [0, 0.05) is 12.3 Å². The first-order valence-corrected chi connectivity index (χ1v) is 12.8. The monoisotopic (exact) mass is 434 g/mol. The number of allylic oxidation sites excluding steroid dienone is 1. The molecule has 0 saturated heterocycles. The van der Waals surface area contributed by atoms with Gasteiger partial charge in [0.2, 0.25) is 0 Å². The van der Waals surface area contributed by atoms with Crippen LogP contribution in [-0.2, 0) is 14.3 Å². The number of Topliss-reactive ketones (excluding diaryl/α,β-unsaturated/α-hetero) is 1. The second-order valence-corrected chi connectivity index (χ2v) is 10.8. The number of ether oxygens (including phenoxy) is 1. The van der Waals surface area contributed by atoms with E-state index in [-0.39, 0.29) is 34.7 Å². The maximum Gasteiger partial charge on any atom is 0.306 e. The molecule has 2 aliphatic carbocycles. The Bertz CT molecular complexity index is 602. The molecule has 0 aliphatic heterocycles. The van der Waals surface area contributed by atoms with E-state index in [2.05, 4.69) is 26.8 Å². The molecule has 1 unspecified atom stereocenters. The van der Waals surface area contributed by atoms with E-state index in [1.807, 2.05) is 13.0 Å². The number of carbonyl (C=O) groups is 2. The van der Waals surface area contributed by atoms with E-state index < -0.39 is 0 Å². The van der Waals surface area contributed by atoms with Gasteiger partial charge in [-0.15, -0.1) is 0 Å². The molecule has 0 heterocycles. The van der Waals surface area contributed by atoms with Gasteiger partial charge in [-0.3, -0.25) is 9.59 Å². The van der Waals surface area contributed by atoms with Crippen molar-refractivity contribution < 1.29 is 19.4 Å². The summed E-state index contributed by atoms with van der Waals surface area (Å²) in [6.07, 6.45) is 16.7. The second-order valence-electron chi connectivity index (χ2n) is 10.8. The Kier molecular flexibility index (Phi) is 10.3. The molecule has 2 rings (SSSR count). The Hall–Kier alpha value is -1.16. The van der Waals surface area contributed by atoms with Gasteiger partial charge in [-0.25, -0.2) is 0 Å². The molecule has 0 bridgehead atoms. The Balaban J connectivity index is 1.81. The quantitative estimate of drug-likeness (QED) is 0.195. The molecule has 178 valence electrons. The summed E-state index contributed by atoms with van der Waals surface area (Å²) < 4.78 is 5.09. The summed E-state index contributed by atoms with van der Waals surface area (Å²) in [4.78, 5) is 24.3. The lowest BCUT2D eigenvalue weighted by molar-refractivity contribution is -0.145. The highest BCUT2D eigenvalue weighted by Gasteiger charge is 2.42. The van der Waals surface area contributed by atoms with E-state index in [4.69, 9.17) is 4.74 Å². The minimum Gasteiger partial charge on any atom is -0.466 e. The molecular formula is C27H46O4. The first-order chi connectivity index (χ1) is 14.7. The minimum atomic E-state index is -0.368. The SMILES string of the molecule is CCCCC1([C@@H](O)/C=C/C2CCC(=O)[C@@H]2CCCCC(C)(C)CC(=O)OCC)CCC1. The van der Waals surface area contributed by atoms with Crippen molar-refractivity contribution >= 4 is 11.8 Å². The zero-order valence-corrected chi connectivity index (χ0v) is 20.5. The van der Waals surface area contributed by atoms with Crippen LogP contribution < -0.4 is 0 Å². The molecular weight excluding hydrogens is 388 g/mol. The summed E-state index contributed by atoms with van der Waals surface area (Å²) in [5, 5.41) is 10.9. The third-order valence-corrected chi connectivity index (χ3v) is 7.75. The predicted molar refractivity (Wildman–Crippen MR) is 126 cm³/mol. The van der Waals surface area contributed by atoms with Gasteiger partial charge in [-0.05, 0) is 62.2 Å². The van der Waals surface area contributed by atoms with Crippen LogP contribution in [-0.4, -0.2) is 29.6 Å². The van der Waals surface area contributed by atoms with Gasteiger partial charge in [-0.1, -0.05) is 65.0 Å². The summed E-state index contributed by atoms with van der Waals surface area (Å²) in [5.74, 6) is 0.646. The smallest absolute Gasteiger partial charge is 0.306 e. The van der Waals surface area contributed by atoms with Crippen molar-refractivity contribution in [2.45, 2.75) is 117 Å². The molecule has 0 aromatic carbocycles. The Morgan fingerprint density at radius 2 is 2.00 bits per heavy atom. The topological polar surface area (TPSA) is 63.6 Å². The van der Waals surface area contributed by atoms with Crippen LogP contribution in [0.15, 0.2) is 12.2 Å². The second kappa shape index (κ2) is 12.2. The number of ketones is 1. The average molecular weight is 435 g/mol. The number of hydrogen-bond donors (Lipinski definition) is 1. The fourth-order valence-corrected chi connectivity index (χ4v) is 5.50. The minimum absolute atomic E-state index is 0.0646. The maximum absolute atomic E-state index is 12.5. The van der Waals surface area contributed by atoms with Crippen LogP contribution in [0.5, 0.6) is 0 Å². The number of carbonyl (C=O) groups excluding carboxylic acids is 2. The molecule has 2 aliphatic rings. The zero-order valence-electron chi connectivity index (χ0n) is 20.5. The van der Waals surface area contributed by atoms with Crippen LogP contribution >= 0.6 is 0 Å². The highest BCUT2D eigenvalue weighted by molar-refractivity contribution is 5.83. The first kappa shape index (κ1) is 26.1. The number of aliphatic hydroxyl groups is 1.